The quantitative estimate of drug-likeness (QED) is 0.282. The number of halogens is 1. The van der Waals surface area contributed by atoms with Gasteiger partial charge in [-0.05, 0) is 86.3 Å². The Bertz CT molecular complexity index is 1740. The van der Waals surface area contributed by atoms with Crippen molar-refractivity contribution in [3.8, 4) is 23.7 Å². The summed E-state index contributed by atoms with van der Waals surface area (Å²) in [4.78, 5) is 41.5. The third-order valence-corrected chi connectivity index (χ3v) is 8.37. The first-order valence-corrected chi connectivity index (χ1v) is 14.1. The van der Waals surface area contributed by atoms with Crippen LogP contribution in [-0.2, 0) is 13.0 Å². The van der Waals surface area contributed by atoms with E-state index in [1.54, 1.807) is 18.3 Å². The number of anilines is 1. The molecular weight excluding hydrogens is 519 g/mol. The van der Waals surface area contributed by atoms with Crippen LogP contribution in [-0.4, -0.2) is 62.9 Å². The maximum atomic E-state index is 13.9. The molecule has 1 fully saturated rings. The summed E-state index contributed by atoms with van der Waals surface area (Å²) in [6.45, 7) is 8.26. The van der Waals surface area contributed by atoms with Crippen LogP contribution in [0.5, 0.6) is 0 Å². The average Bonchev–Trinajstić information content (AvgIpc) is 3.69. The topological polar surface area (TPSA) is 97.1 Å². The molecule has 0 radical (unpaired) electrons. The molecule has 0 bridgehead atoms. The molecule has 4 heterocycles. The Morgan fingerprint density at radius 1 is 1.15 bits per heavy atom. The number of rotatable bonds is 8. The summed E-state index contributed by atoms with van der Waals surface area (Å²) >= 11 is 0. The normalized spacial score (nSPS) is 15.9. The molecule has 8 nitrogen and oxygen atoms in total. The van der Waals surface area contributed by atoms with Gasteiger partial charge in [-0.1, -0.05) is 12.0 Å². The van der Waals surface area contributed by atoms with Gasteiger partial charge in [0, 0.05) is 37.8 Å². The fourth-order valence-electron chi connectivity index (χ4n) is 6.00. The molecule has 0 saturated carbocycles. The van der Waals surface area contributed by atoms with Crippen LogP contribution in [0.4, 0.5) is 10.1 Å². The van der Waals surface area contributed by atoms with Crippen LogP contribution >= 0.6 is 0 Å². The molecule has 210 valence electrons. The molecule has 1 amide bonds. The standard InChI is InChI=1S/C32H33FN6O2/c1-4-23(16-21-15-22(33)8-7-19(21)2)35-26-9-10-34-31(40)28(26)30-36-27-17-24-25(20(3)29(27)37-30)18-39(32(24)41)14-13-38-11-5-6-12-38/h1,7-10,15,17,23H,5-6,11-14,16,18H2,2-3H3,(H,36,37)(H2,34,35,40)/t23-/m0/s1. The second kappa shape index (κ2) is 10.9. The summed E-state index contributed by atoms with van der Waals surface area (Å²) in [5.41, 5.74) is 6.25. The number of carbonyl (C=O) groups is 1. The summed E-state index contributed by atoms with van der Waals surface area (Å²) < 4.78 is 13.9. The molecule has 41 heavy (non-hydrogen) atoms. The Kier molecular flexibility index (Phi) is 7.10. The van der Waals surface area contributed by atoms with Gasteiger partial charge >= 0.3 is 0 Å². The highest BCUT2D eigenvalue weighted by Crippen LogP contribution is 2.33. The Hall–Kier alpha value is -4.42. The largest absolute Gasteiger partial charge is 0.370 e. The zero-order chi connectivity index (χ0) is 28.7. The van der Waals surface area contributed by atoms with Crippen LogP contribution in [0, 0.1) is 32.0 Å². The molecule has 3 N–H and O–H groups in total. The van der Waals surface area contributed by atoms with E-state index in [4.69, 9.17) is 11.4 Å². The van der Waals surface area contributed by atoms with Crippen LogP contribution in [0.15, 0.2) is 41.3 Å². The van der Waals surface area contributed by atoms with Crippen molar-refractivity contribution < 1.29 is 9.18 Å². The number of pyridine rings is 1. The molecule has 0 spiro atoms. The van der Waals surface area contributed by atoms with E-state index in [2.05, 4.69) is 26.1 Å². The summed E-state index contributed by atoms with van der Waals surface area (Å²) in [7, 11) is 0. The number of aromatic nitrogens is 3. The number of H-pyrrole nitrogens is 2. The molecule has 2 aromatic heterocycles. The van der Waals surface area contributed by atoms with Crippen LogP contribution in [0.2, 0.25) is 0 Å². The zero-order valence-electron chi connectivity index (χ0n) is 23.3. The molecule has 2 aliphatic heterocycles. The van der Waals surface area contributed by atoms with Gasteiger partial charge in [0.25, 0.3) is 11.5 Å². The summed E-state index contributed by atoms with van der Waals surface area (Å²) in [5.74, 6) is 2.82. The lowest BCUT2D eigenvalue weighted by Gasteiger charge is -2.20. The number of carbonyl (C=O) groups excluding carboxylic acids is 1. The fraction of sp³-hybridized carbons (Fsp3) is 0.344. The van der Waals surface area contributed by atoms with Crippen molar-refractivity contribution in [2.75, 3.05) is 31.5 Å². The smallest absolute Gasteiger partial charge is 0.261 e. The van der Waals surface area contributed by atoms with Gasteiger partial charge in [-0.15, -0.1) is 6.42 Å². The minimum Gasteiger partial charge on any atom is -0.370 e. The van der Waals surface area contributed by atoms with Gasteiger partial charge in [-0.25, -0.2) is 9.37 Å². The van der Waals surface area contributed by atoms with Crippen LogP contribution < -0.4 is 10.9 Å². The number of fused-ring (bicyclic) bond motifs is 2. The first kappa shape index (κ1) is 26.8. The molecule has 1 saturated heterocycles. The van der Waals surface area contributed by atoms with Gasteiger partial charge in [0.2, 0.25) is 0 Å². The highest BCUT2D eigenvalue weighted by atomic mass is 19.1. The van der Waals surface area contributed by atoms with Crippen molar-refractivity contribution in [2.45, 2.75) is 45.7 Å². The number of nitrogens with zero attached hydrogens (tertiary/aromatic N) is 3. The zero-order valence-corrected chi connectivity index (χ0v) is 23.3. The van der Waals surface area contributed by atoms with E-state index < -0.39 is 6.04 Å². The van der Waals surface area contributed by atoms with Gasteiger partial charge in [-0.2, -0.15) is 0 Å². The van der Waals surface area contributed by atoms with Crippen molar-refractivity contribution in [3.05, 3.63) is 80.5 Å². The minimum atomic E-state index is -0.491. The second-order valence-electron chi connectivity index (χ2n) is 11.0. The number of benzene rings is 2. The van der Waals surface area contributed by atoms with Crippen molar-refractivity contribution in [1.29, 1.82) is 0 Å². The van der Waals surface area contributed by atoms with E-state index in [9.17, 15) is 14.0 Å². The van der Waals surface area contributed by atoms with Gasteiger partial charge in [-0.3, -0.25) is 9.59 Å². The number of hydrogen-bond acceptors (Lipinski definition) is 5. The third-order valence-electron chi connectivity index (χ3n) is 8.37. The van der Waals surface area contributed by atoms with E-state index >= 15 is 0 Å². The van der Waals surface area contributed by atoms with Crippen LogP contribution in [0.3, 0.4) is 0 Å². The van der Waals surface area contributed by atoms with Crippen LogP contribution in [0.1, 0.15) is 45.5 Å². The number of hydrogen-bond donors (Lipinski definition) is 3. The molecule has 9 heteroatoms. The van der Waals surface area contributed by atoms with Gasteiger partial charge in [0.1, 0.15) is 17.2 Å². The minimum absolute atomic E-state index is 0.0322. The Balaban J connectivity index is 1.29. The lowest BCUT2D eigenvalue weighted by molar-refractivity contribution is 0.0763. The number of imidazole rings is 1. The molecule has 2 aromatic carbocycles. The molecule has 6 rings (SSSR count). The third kappa shape index (κ3) is 5.11. The van der Waals surface area contributed by atoms with Crippen LogP contribution in [0.25, 0.3) is 22.4 Å². The monoisotopic (exact) mass is 552 g/mol. The average molecular weight is 553 g/mol. The molecule has 0 unspecified atom stereocenters. The number of likely N-dealkylation sites (tertiary alicyclic amines) is 1. The number of amides is 1. The van der Waals surface area contributed by atoms with Gasteiger partial charge in [0.05, 0.1) is 22.8 Å². The predicted octanol–water partition coefficient (Wildman–Crippen LogP) is 4.38. The SMILES string of the molecule is C#C[C@@H](Cc1cc(F)ccc1C)Nc1cc[nH]c(=O)c1-c1nc2c(C)c3c(cc2[nH]1)C(=O)N(CCN1CCCC1)C3. The molecular formula is C32H33FN6O2. The highest BCUT2D eigenvalue weighted by molar-refractivity contribution is 6.03. The Morgan fingerprint density at radius 2 is 1.95 bits per heavy atom. The molecule has 0 aliphatic carbocycles. The van der Waals surface area contributed by atoms with Crippen molar-refractivity contribution in [1.82, 2.24) is 24.8 Å². The number of nitrogens with one attached hydrogen (secondary N) is 3. The lowest BCUT2D eigenvalue weighted by Crippen LogP contribution is -2.34. The van der Waals surface area contributed by atoms with E-state index in [1.807, 2.05) is 24.8 Å². The molecule has 4 aromatic rings. The van der Waals surface area contributed by atoms with E-state index in [-0.39, 0.29) is 17.3 Å². The number of terminal acetylenes is 1. The van der Waals surface area contributed by atoms with Gasteiger partial charge in [0.15, 0.2) is 0 Å². The Labute approximate surface area is 238 Å². The molecule has 2 aliphatic rings. The van der Waals surface area contributed by atoms with E-state index in [0.29, 0.717) is 47.7 Å². The predicted molar refractivity (Wildman–Crippen MR) is 158 cm³/mol. The summed E-state index contributed by atoms with van der Waals surface area (Å²) in [6.07, 6.45) is 10.2. The number of aryl methyl sites for hydroxylation is 2. The Morgan fingerprint density at radius 3 is 2.73 bits per heavy atom. The second-order valence-corrected chi connectivity index (χ2v) is 11.0. The maximum Gasteiger partial charge on any atom is 0.261 e. The van der Waals surface area contributed by atoms with Gasteiger partial charge < -0.3 is 25.1 Å². The first-order valence-electron chi connectivity index (χ1n) is 14.1. The maximum absolute atomic E-state index is 13.9. The van der Waals surface area contributed by atoms with Crippen molar-refractivity contribution in [2.24, 2.45) is 0 Å². The lowest BCUT2D eigenvalue weighted by atomic mass is 10.0. The summed E-state index contributed by atoms with van der Waals surface area (Å²) in [6, 6.07) is 7.73. The highest BCUT2D eigenvalue weighted by Gasteiger charge is 2.31. The fourth-order valence-corrected chi connectivity index (χ4v) is 6.00. The van der Waals surface area contributed by atoms with E-state index in [1.165, 1.54) is 25.0 Å². The van der Waals surface area contributed by atoms with Crippen molar-refractivity contribution in [3.63, 3.8) is 0 Å². The molecule has 1 atom stereocenters. The van der Waals surface area contributed by atoms with Crippen molar-refractivity contribution >= 4 is 22.6 Å². The number of aromatic amines is 2. The first-order chi connectivity index (χ1) is 19.8. The van der Waals surface area contributed by atoms with E-state index in [0.717, 1.165) is 47.4 Å². The summed E-state index contributed by atoms with van der Waals surface area (Å²) in [5, 5.41) is 3.28.